The van der Waals surface area contributed by atoms with Gasteiger partial charge in [-0.2, -0.15) is 0 Å². The molecule has 0 spiro atoms. The van der Waals surface area contributed by atoms with Crippen LogP contribution in [-0.4, -0.2) is 6.04 Å². The predicted octanol–water partition coefficient (Wildman–Crippen LogP) is 2.68. The molecule has 2 rings (SSSR count). The van der Waals surface area contributed by atoms with Gasteiger partial charge in [-0.25, -0.2) is 4.39 Å². The van der Waals surface area contributed by atoms with E-state index in [1.165, 1.54) is 6.07 Å². The van der Waals surface area contributed by atoms with Crippen molar-refractivity contribution < 1.29 is 4.39 Å². The molecule has 2 aromatic rings. The van der Waals surface area contributed by atoms with Crippen LogP contribution in [0.1, 0.15) is 12.5 Å². The third-order valence-electron chi connectivity index (χ3n) is 2.31. The Kier molecular flexibility index (Phi) is 2.89. The van der Waals surface area contributed by atoms with Gasteiger partial charge in [0.25, 0.3) is 0 Å². The number of hydrogen-bond donors (Lipinski definition) is 1. The van der Waals surface area contributed by atoms with Gasteiger partial charge in [-0.1, -0.05) is 36.1 Å². The fourth-order valence-electron chi connectivity index (χ4n) is 1.56. The van der Waals surface area contributed by atoms with E-state index in [2.05, 4.69) is 11.8 Å². The standard InChI is InChI=1S/C14H12FN/c1-10(16)6-7-11-8-9-14(15)13-5-3-2-4-12(11)13/h2-5,8-10H,16H2,1H3. The number of rotatable bonds is 0. The van der Waals surface area contributed by atoms with E-state index in [-0.39, 0.29) is 11.9 Å². The van der Waals surface area contributed by atoms with Gasteiger partial charge in [0.05, 0.1) is 6.04 Å². The third kappa shape index (κ3) is 2.05. The molecule has 1 unspecified atom stereocenters. The van der Waals surface area contributed by atoms with Crippen LogP contribution < -0.4 is 5.73 Å². The van der Waals surface area contributed by atoms with Gasteiger partial charge in [0.15, 0.2) is 0 Å². The molecule has 0 bridgehead atoms. The van der Waals surface area contributed by atoms with Crippen LogP contribution in [0, 0.1) is 17.7 Å². The Labute approximate surface area is 94.1 Å². The van der Waals surface area contributed by atoms with Gasteiger partial charge in [-0.15, -0.1) is 0 Å². The van der Waals surface area contributed by atoms with Gasteiger partial charge in [0.1, 0.15) is 5.82 Å². The lowest BCUT2D eigenvalue weighted by molar-refractivity contribution is 0.640. The second-order valence-electron chi connectivity index (χ2n) is 3.70. The highest BCUT2D eigenvalue weighted by Gasteiger charge is 2.02. The lowest BCUT2D eigenvalue weighted by atomic mass is 10.0. The molecule has 0 fully saturated rings. The highest BCUT2D eigenvalue weighted by atomic mass is 19.1. The number of benzene rings is 2. The summed E-state index contributed by atoms with van der Waals surface area (Å²) in [4.78, 5) is 0. The molecule has 0 heterocycles. The first-order valence-corrected chi connectivity index (χ1v) is 5.13. The largest absolute Gasteiger partial charge is 0.318 e. The van der Waals surface area contributed by atoms with Crippen LogP contribution in [-0.2, 0) is 0 Å². The molecular formula is C14H12FN. The van der Waals surface area contributed by atoms with Gasteiger partial charge in [-0.3, -0.25) is 0 Å². The molecule has 0 radical (unpaired) electrons. The predicted molar refractivity (Wildman–Crippen MR) is 64.4 cm³/mol. The summed E-state index contributed by atoms with van der Waals surface area (Å²) in [6, 6.07) is 10.3. The van der Waals surface area contributed by atoms with E-state index >= 15 is 0 Å². The summed E-state index contributed by atoms with van der Waals surface area (Å²) in [5, 5.41) is 1.43. The van der Waals surface area contributed by atoms with Crippen LogP contribution in [0.5, 0.6) is 0 Å². The summed E-state index contributed by atoms with van der Waals surface area (Å²) in [6.07, 6.45) is 0. The normalized spacial score (nSPS) is 11.9. The fraction of sp³-hybridized carbons (Fsp3) is 0.143. The van der Waals surface area contributed by atoms with Gasteiger partial charge in [0.2, 0.25) is 0 Å². The van der Waals surface area contributed by atoms with Crippen LogP contribution in [0.3, 0.4) is 0 Å². The van der Waals surface area contributed by atoms with Crippen molar-refractivity contribution in [2.45, 2.75) is 13.0 Å². The minimum atomic E-state index is -0.220. The molecule has 2 aromatic carbocycles. The Balaban J connectivity index is 2.65. The summed E-state index contributed by atoms with van der Waals surface area (Å²) < 4.78 is 13.5. The van der Waals surface area contributed by atoms with Gasteiger partial charge < -0.3 is 5.73 Å². The molecule has 16 heavy (non-hydrogen) atoms. The molecule has 2 N–H and O–H groups in total. The van der Waals surface area contributed by atoms with Crippen LogP contribution in [0.4, 0.5) is 4.39 Å². The van der Waals surface area contributed by atoms with E-state index in [0.29, 0.717) is 5.39 Å². The van der Waals surface area contributed by atoms with E-state index in [0.717, 1.165) is 10.9 Å². The molecule has 0 aromatic heterocycles. The summed E-state index contributed by atoms with van der Waals surface area (Å²) in [5.41, 5.74) is 6.38. The lowest BCUT2D eigenvalue weighted by Gasteiger charge is -2.01. The van der Waals surface area contributed by atoms with Crippen LogP contribution >= 0.6 is 0 Å². The molecule has 0 saturated heterocycles. The van der Waals surface area contributed by atoms with E-state index in [9.17, 15) is 4.39 Å². The smallest absolute Gasteiger partial charge is 0.131 e. The first-order chi connectivity index (χ1) is 7.68. The van der Waals surface area contributed by atoms with Crippen molar-refractivity contribution in [1.82, 2.24) is 0 Å². The molecule has 0 saturated carbocycles. The number of fused-ring (bicyclic) bond motifs is 1. The summed E-state index contributed by atoms with van der Waals surface area (Å²) in [7, 11) is 0. The lowest BCUT2D eigenvalue weighted by Crippen LogP contribution is -2.10. The Bertz CT molecular complexity index is 576. The fourth-order valence-corrected chi connectivity index (χ4v) is 1.56. The van der Waals surface area contributed by atoms with E-state index in [4.69, 9.17) is 5.73 Å². The first-order valence-electron chi connectivity index (χ1n) is 5.13. The summed E-state index contributed by atoms with van der Waals surface area (Å²) >= 11 is 0. The molecule has 0 aliphatic heterocycles. The molecule has 0 amide bonds. The van der Waals surface area contributed by atoms with E-state index in [1.54, 1.807) is 12.1 Å². The Morgan fingerprint density at radius 2 is 1.81 bits per heavy atom. The van der Waals surface area contributed by atoms with Crippen molar-refractivity contribution in [1.29, 1.82) is 0 Å². The number of nitrogens with two attached hydrogens (primary N) is 1. The Morgan fingerprint density at radius 3 is 2.50 bits per heavy atom. The average molecular weight is 213 g/mol. The third-order valence-corrected chi connectivity index (χ3v) is 2.31. The van der Waals surface area contributed by atoms with Crippen molar-refractivity contribution in [3.8, 4) is 11.8 Å². The maximum Gasteiger partial charge on any atom is 0.131 e. The number of halogens is 1. The molecule has 0 aliphatic carbocycles. The highest BCUT2D eigenvalue weighted by Crippen LogP contribution is 2.20. The summed E-state index contributed by atoms with van der Waals surface area (Å²) in [6.45, 7) is 1.82. The molecular weight excluding hydrogens is 201 g/mol. The zero-order valence-electron chi connectivity index (χ0n) is 9.00. The van der Waals surface area contributed by atoms with Crippen LogP contribution in [0.25, 0.3) is 10.8 Å². The Morgan fingerprint density at radius 1 is 1.12 bits per heavy atom. The van der Waals surface area contributed by atoms with E-state index < -0.39 is 0 Å². The molecule has 0 aliphatic rings. The Hall–Kier alpha value is -1.85. The second-order valence-corrected chi connectivity index (χ2v) is 3.70. The summed E-state index contributed by atoms with van der Waals surface area (Å²) in [5.74, 6) is 5.63. The monoisotopic (exact) mass is 213 g/mol. The van der Waals surface area contributed by atoms with Gasteiger partial charge >= 0.3 is 0 Å². The van der Waals surface area contributed by atoms with Crippen molar-refractivity contribution in [3.05, 3.63) is 47.8 Å². The minimum Gasteiger partial charge on any atom is -0.318 e. The average Bonchev–Trinajstić information content (AvgIpc) is 2.28. The second kappa shape index (κ2) is 4.34. The highest BCUT2D eigenvalue weighted by molar-refractivity contribution is 5.88. The van der Waals surface area contributed by atoms with E-state index in [1.807, 2.05) is 25.1 Å². The van der Waals surface area contributed by atoms with Gasteiger partial charge in [0, 0.05) is 16.3 Å². The quantitative estimate of drug-likeness (QED) is 0.669. The van der Waals surface area contributed by atoms with Gasteiger partial charge in [-0.05, 0) is 19.1 Å². The maximum atomic E-state index is 13.5. The molecule has 2 heteroatoms. The minimum absolute atomic E-state index is 0.177. The molecule has 1 nitrogen and oxygen atoms in total. The maximum absolute atomic E-state index is 13.5. The SMILES string of the molecule is CC(N)C#Cc1ccc(F)c2ccccc12. The first kappa shape index (κ1) is 10.7. The van der Waals surface area contributed by atoms with Crippen molar-refractivity contribution in [2.24, 2.45) is 5.73 Å². The zero-order valence-corrected chi connectivity index (χ0v) is 9.00. The van der Waals surface area contributed by atoms with Crippen molar-refractivity contribution >= 4 is 10.8 Å². The zero-order chi connectivity index (χ0) is 11.5. The molecule has 1 atom stereocenters. The van der Waals surface area contributed by atoms with Crippen molar-refractivity contribution in [3.63, 3.8) is 0 Å². The topological polar surface area (TPSA) is 26.0 Å². The van der Waals surface area contributed by atoms with Crippen molar-refractivity contribution in [2.75, 3.05) is 0 Å². The van der Waals surface area contributed by atoms with Crippen LogP contribution in [0.2, 0.25) is 0 Å². The van der Waals surface area contributed by atoms with Crippen LogP contribution in [0.15, 0.2) is 36.4 Å². The number of hydrogen-bond acceptors (Lipinski definition) is 1. The molecule has 80 valence electrons.